The van der Waals surface area contributed by atoms with E-state index in [1.54, 1.807) is 19.1 Å². The number of aryl methyl sites for hydroxylation is 1. The number of H-pyrrole nitrogens is 1. The van der Waals surface area contributed by atoms with Gasteiger partial charge in [-0.25, -0.2) is 18.1 Å². The maximum Gasteiger partial charge on any atom is 0.257 e. The number of rotatable bonds is 5. The van der Waals surface area contributed by atoms with Crippen molar-refractivity contribution >= 4 is 10.0 Å². The van der Waals surface area contributed by atoms with Crippen molar-refractivity contribution in [3.05, 3.63) is 24.2 Å². The molecule has 6 nitrogen and oxygen atoms in total. The normalized spacial score (nSPS) is 12.4. The van der Waals surface area contributed by atoms with E-state index in [0.29, 0.717) is 12.4 Å². The van der Waals surface area contributed by atoms with Crippen molar-refractivity contribution in [3.63, 3.8) is 0 Å². The predicted molar refractivity (Wildman–Crippen MR) is 56.7 cm³/mol. The highest BCUT2D eigenvalue weighted by atomic mass is 32.2. The molecule has 84 valence electrons. The molecule has 1 rings (SSSR count). The molecule has 1 aromatic rings. The zero-order valence-corrected chi connectivity index (χ0v) is 9.21. The van der Waals surface area contributed by atoms with Crippen molar-refractivity contribution in [1.82, 2.24) is 14.7 Å². The fourth-order valence-corrected chi connectivity index (χ4v) is 1.89. The summed E-state index contributed by atoms with van der Waals surface area (Å²) >= 11 is 0. The molecule has 7 heteroatoms. The summed E-state index contributed by atoms with van der Waals surface area (Å²) in [5, 5.41) is 0.0705. The average Bonchev–Trinajstić information content (AvgIpc) is 2.60. The number of nitrogens with two attached hydrogens (primary N) is 1. The Morgan fingerprint density at radius 2 is 2.33 bits per heavy atom. The van der Waals surface area contributed by atoms with E-state index in [9.17, 15) is 8.42 Å². The number of nitrogens with one attached hydrogen (secondary N) is 2. The van der Waals surface area contributed by atoms with Crippen LogP contribution in [0.2, 0.25) is 0 Å². The van der Waals surface area contributed by atoms with Crippen molar-refractivity contribution in [2.45, 2.75) is 11.9 Å². The maximum absolute atomic E-state index is 11.6. The molecule has 15 heavy (non-hydrogen) atoms. The highest BCUT2D eigenvalue weighted by Crippen LogP contribution is 2.03. The van der Waals surface area contributed by atoms with E-state index in [1.165, 1.54) is 6.20 Å². The first kappa shape index (κ1) is 11.9. The minimum atomic E-state index is -3.48. The molecular formula is C8H14N4O2S. The Kier molecular flexibility index (Phi) is 4.01. The summed E-state index contributed by atoms with van der Waals surface area (Å²) in [5.74, 6) is 0.563. The molecule has 1 heterocycles. The maximum atomic E-state index is 11.6. The second-order valence-electron chi connectivity index (χ2n) is 2.89. The minimum Gasteiger partial charge on any atom is -0.332 e. The van der Waals surface area contributed by atoms with Gasteiger partial charge in [0.1, 0.15) is 5.82 Å². The molecule has 0 amide bonds. The van der Waals surface area contributed by atoms with Gasteiger partial charge in [-0.3, -0.25) is 0 Å². The Labute approximate surface area is 88.6 Å². The van der Waals surface area contributed by atoms with Gasteiger partial charge < -0.3 is 10.7 Å². The summed E-state index contributed by atoms with van der Waals surface area (Å²) < 4.78 is 25.5. The third-order valence-corrected chi connectivity index (χ3v) is 3.00. The van der Waals surface area contributed by atoms with Gasteiger partial charge in [0.2, 0.25) is 0 Å². The zero-order chi connectivity index (χ0) is 11.3. The van der Waals surface area contributed by atoms with Gasteiger partial charge in [-0.2, -0.15) is 0 Å². The molecule has 0 aromatic carbocycles. The molecule has 4 N–H and O–H groups in total. The Hall–Kier alpha value is -1.18. The fourth-order valence-electron chi connectivity index (χ4n) is 0.950. The fraction of sp³-hybridized carbons (Fsp3) is 0.375. The predicted octanol–water partition coefficient (Wildman–Crippen LogP) is -0.489. The van der Waals surface area contributed by atoms with Crippen LogP contribution in [-0.4, -0.2) is 31.5 Å². The molecule has 0 saturated heterocycles. The molecule has 0 atom stereocenters. The highest BCUT2D eigenvalue weighted by molar-refractivity contribution is 7.89. The van der Waals surface area contributed by atoms with Crippen molar-refractivity contribution in [3.8, 4) is 0 Å². The summed E-state index contributed by atoms with van der Waals surface area (Å²) in [5.41, 5.74) is 5.21. The SMILES string of the molecule is Cc1ncc(S(=O)(=O)NC/C=C/CN)[nH]1. The third kappa shape index (κ3) is 3.46. The van der Waals surface area contributed by atoms with Gasteiger partial charge >= 0.3 is 0 Å². The monoisotopic (exact) mass is 230 g/mol. The standard InChI is InChI=1S/C8H14N4O2S/c1-7-10-6-8(12-7)15(13,14)11-5-3-2-4-9/h2-3,6,11H,4-5,9H2,1H3,(H,10,12)/b3-2+. The van der Waals surface area contributed by atoms with Crippen LogP contribution in [0.4, 0.5) is 0 Å². The Bertz CT molecular complexity index is 435. The van der Waals surface area contributed by atoms with Crippen LogP contribution in [0.25, 0.3) is 0 Å². The lowest BCUT2D eigenvalue weighted by Crippen LogP contribution is -2.24. The number of hydrogen-bond donors (Lipinski definition) is 3. The zero-order valence-electron chi connectivity index (χ0n) is 8.40. The summed E-state index contributed by atoms with van der Waals surface area (Å²) in [7, 11) is -3.48. The Balaban J connectivity index is 2.64. The number of imidazole rings is 1. The summed E-state index contributed by atoms with van der Waals surface area (Å²) in [4.78, 5) is 6.46. The Morgan fingerprint density at radius 3 is 2.87 bits per heavy atom. The van der Waals surface area contributed by atoms with Crippen molar-refractivity contribution < 1.29 is 8.42 Å². The van der Waals surface area contributed by atoms with Crippen LogP contribution < -0.4 is 10.5 Å². The van der Waals surface area contributed by atoms with Crippen LogP contribution in [0, 0.1) is 6.92 Å². The first-order chi connectivity index (χ1) is 7.06. The van der Waals surface area contributed by atoms with Gasteiger partial charge in [0.25, 0.3) is 10.0 Å². The van der Waals surface area contributed by atoms with Crippen LogP contribution in [-0.2, 0) is 10.0 Å². The average molecular weight is 230 g/mol. The number of aromatic nitrogens is 2. The van der Waals surface area contributed by atoms with Gasteiger partial charge in [0.05, 0.1) is 6.20 Å². The second kappa shape index (κ2) is 5.06. The number of aromatic amines is 1. The van der Waals surface area contributed by atoms with E-state index in [2.05, 4.69) is 14.7 Å². The van der Waals surface area contributed by atoms with E-state index < -0.39 is 10.0 Å². The quantitative estimate of drug-likeness (QED) is 0.594. The van der Waals surface area contributed by atoms with Crippen LogP contribution in [0.15, 0.2) is 23.4 Å². The molecule has 1 aromatic heterocycles. The third-order valence-electron chi connectivity index (χ3n) is 1.66. The molecule has 0 radical (unpaired) electrons. The minimum absolute atomic E-state index is 0.0705. The molecular weight excluding hydrogens is 216 g/mol. The molecule has 0 aliphatic rings. The van der Waals surface area contributed by atoms with Crippen molar-refractivity contribution in [2.24, 2.45) is 5.73 Å². The number of sulfonamides is 1. The smallest absolute Gasteiger partial charge is 0.257 e. The van der Waals surface area contributed by atoms with E-state index in [-0.39, 0.29) is 11.6 Å². The van der Waals surface area contributed by atoms with Gasteiger partial charge in [-0.05, 0) is 6.92 Å². The lowest BCUT2D eigenvalue weighted by molar-refractivity contribution is 0.582. The van der Waals surface area contributed by atoms with Gasteiger partial charge in [0, 0.05) is 13.1 Å². The van der Waals surface area contributed by atoms with Gasteiger partial charge in [-0.15, -0.1) is 0 Å². The van der Waals surface area contributed by atoms with Crippen LogP contribution in [0.3, 0.4) is 0 Å². The van der Waals surface area contributed by atoms with E-state index >= 15 is 0 Å². The highest BCUT2D eigenvalue weighted by Gasteiger charge is 2.14. The van der Waals surface area contributed by atoms with Crippen molar-refractivity contribution in [1.29, 1.82) is 0 Å². The summed E-state index contributed by atoms with van der Waals surface area (Å²) in [6.07, 6.45) is 4.62. The molecule has 0 aliphatic heterocycles. The van der Waals surface area contributed by atoms with Crippen LogP contribution >= 0.6 is 0 Å². The van der Waals surface area contributed by atoms with Crippen LogP contribution in [0.1, 0.15) is 5.82 Å². The molecule has 0 fully saturated rings. The molecule has 0 spiro atoms. The largest absolute Gasteiger partial charge is 0.332 e. The molecule has 0 aliphatic carbocycles. The number of hydrogen-bond acceptors (Lipinski definition) is 4. The van der Waals surface area contributed by atoms with Crippen LogP contribution in [0.5, 0.6) is 0 Å². The second-order valence-corrected chi connectivity index (χ2v) is 4.63. The molecule has 0 bridgehead atoms. The van der Waals surface area contributed by atoms with Gasteiger partial charge in [0.15, 0.2) is 5.03 Å². The molecule has 0 saturated carbocycles. The van der Waals surface area contributed by atoms with E-state index in [1.807, 2.05) is 0 Å². The summed E-state index contributed by atoms with van der Waals surface area (Å²) in [6.45, 7) is 2.30. The lowest BCUT2D eigenvalue weighted by atomic mass is 10.5. The Morgan fingerprint density at radius 1 is 1.60 bits per heavy atom. The summed E-state index contributed by atoms with van der Waals surface area (Å²) in [6, 6.07) is 0. The lowest BCUT2D eigenvalue weighted by Gasteiger charge is -2.00. The first-order valence-electron chi connectivity index (χ1n) is 4.42. The molecule has 0 unspecified atom stereocenters. The van der Waals surface area contributed by atoms with E-state index in [4.69, 9.17) is 5.73 Å². The first-order valence-corrected chi connectivity index (χ1v) is 5.91. The van der Waals surface area contributed by atoms with Gasteiger partial charge in [-0.1, -0.05) is 12.2 Å². The number of nitrogens with zero attached hydrogens (tertiary/aromatic N) is 1. The topological polar surface area (TPSA) is 101 Å². The van der Waals surface area contributed by atoms with E-state index in [0.717, 1.165) is 0 Å². The van der Waals surface area contributed by atoms with Crippen molar-refractivity contribution in [2.75, 3.05) is 13.1 Å².